The minimum atomic E-state index is -0.733. The number of amides is 3. The van der Waals surface area contributed by atoms with E-state index in [0.29, 0.717) is 45.2 Å². The first-order chi connectivity index (χ1) is 14.0. The molecule has 1 aromatic rings. The number of hydrogen-bond acceptors (Lipinski definition) is 5. The molecular formula is C22H33N3O4. The highest BCUT2D eigenvalue weighted by Gasteiger charge is 2.57. The largest absolute Gasteiger partial charge is 0.385 e. The lowest BCUT2D eigenvalue weighted by Crippen LogP contribution is -2.58. The highest BCUT2D eigenvalue weighted by molar-refractivity contribution is 6.07. The van der Waals surface area contributed by atoms with Crippen LogP contribution in [0, 0.1) is 0 Å². The van der Waals surface area contributed by atoms with E-state index >= 15 is 0 Å². The maximum absolute atomic E-state index is 13.5. The normalized spacial score (nSPS) is 20.7. The van der Waals surface area contributed by atoms with Crippen LogP contribution in [0.3, 0.4) is 0 Å². The van der Waals surface area contributed by atoms with Crippen molar-refractivity contribution in [1.82, 2.24) is 14.7 Å². The molecule has 2 aliphatic heterocycles. The van der Waals surface area contributed by atoms with Gasteiger partial charge >= 0.3 is 6.03 Å². The van der Waals surface area contributed by atoms with E-state index in [2.05, 4.69) is 11.8 Å². The van der Waals surface area contributed by atoms with Crippen molar-refractivity contribution in [2.45, 2.75) is 44.3 Å². The van der Waals surface area contributed by atoms with Crippen molar-refractivity contribution < 1.29 is 19.1 Å². The van der Waals surface area contributed by atoms with Gasteiger partial charge in [-0.25, -0.2) is 4.79 Å². The lowest BCUT2D eigenvalue weighted by atomic mass is 9.85. The van der Waals surface area contributed by atoms with Gasteiger partial charge in [-0.2, -0.15) is 0 Å². The summed E-state index contributed by atoms with van der Waals surface area (Å²) in [5.41, 5.74) is 0.234. The Morgan fingerprint density at radius 3 is 2.38 bits per heavy atom. The van der Waals surface area contributed by atoms with Gasteiger partial charge in [-0.3, -0.25) is 14.6 Å². The van der Waals surface area contributed by atoms with Crippen molar-refractivity contribution in [3.05, 3.63) is 35.9 Å². The van der Waals surface area contributed by atoms with E-state index < -0.39 is 5.54 Å². The standard InChI is InChI=1S/C22H33N3O4/c1-18(17-29-3)23-13-10-22(11-14-23)20(26)24(16-19-8-5-4-6-9-19)21(27)25(22)12-7-15-28-2/h4-6,8-9,18H,7,10-17H2,1-3H3/t18-/m0/s1. The predicted octanol–water partition coefficient (Wildman–Crippen LogP) is 2.36. The molecule has 0 unspecified atom stereocenters. The molecule has 1 atom stereocenters. The molecule has 7 nitrogen and oxygen atoms in total. The van der Waals surface area contributed by atoms with Crippen LogP contribution >= 0.6 is 0 Å². The third-order valence-electron chi connectivity index (χ3n) is 6.19. The third-order valence-corrected chi connectivity index (χ3v) is 6.19. The van der Waals surface area contributed by atoms with Crippen LogP contribution in [0.25, 0.3) is 0 Å². The number of urea groups is 1. The molecule has 0 bridgehead atoms. The summed E-state index contributed by atoms with van der Waals surface area (Å²) in [4.78, 5) is 32.4. The average Bonchev–Trinajstić information content (AvgIpc) is 2.92. The van der Waals surface area contributed by atoms with Crippen molar-refractivity contribution in [3.63, 3.8) is 0 Å². The first-order valence-electron chi connectivity index (χ1n) is 10.4. The molecule has 160 valence electrons. The fourth-order valence-corrected chi connectivity index (χ4v) is 4.53. The van der Waals surface area contributed by atoms with Gasteiger partial charge in [0.15, 0.2) is 0 Å². The molecule has 1 aromatic carbocycles. The van der Waals surface area contributed by atoms with Crippen molar-refractivity contribution in [2.75, 3.05) is 47.1 Å². The zero-order valence-corrected chi connectivity index (χ0v) is 17.8. The molecule has 2 fully saturated rings. The van der Waals surface area contributed by atoms with Crippen molar-refractivity contribution in [1.29, 1.82) is 0 Å². The maximum atomic E-state index is 13.5. The summed E-state index contributed by atoms with van der Waals surface area (Å²) in [6.45, 7) is 5.80. The van der Waals surface area contributed by atoms with Gasteiger partial charge in [0.05, 0.1) is 13.2 Å². The molecule has 2 saturated heterocycles. The molecule has 0 saturated carbocycles. The van der Waals surface area contributed by atoms with Crippen LogP contribution in [0.1, 0.15) is 31.7 Å². The number of piperidine rings is 1. The van der Waals surface area contributed by atoms with E-state index in [0.717, 1.165) is 25.1 Å². The number of likely N-dealkylation sites (tertiary alicyclic amines) is 1. The minimum Gasteiger partial charge on any atom is -0.385 e. The average molecular weight is 404 g/mol. The fourth-order valence-electron chi connectivity index (χ4n) is 4.53. The molecule has 3 amide bonds. The predicted molar refractivity (Wildman–Crippen MR) is 110 cm³/mol. The lowest BCUT2D eigenvalue weighted by molar-refractivity contribution is -0.136. The second kappa shape index (κ2) is 9.69. The van der Waals surface area contributed by atoms with Crippen LogP contribution in [0.5, 0.6) is 0 Å². The van der Waals surface area contributed by atoms with Crippen LogP contribution < -0.4 is 0 Å². The summed E-state index contributed by atoms with van der Waals surface area (Å²) in [7, 11) is 3.37. The van der Waals surface area contributed by atoms with Gasteiger partial charge in [0.2, 0.25) is 0 Å². The number of hydrogen-bond donors (Lipinski definition) is 0. The number of nitrogens with zero attached hydrogens (tertiary/aromatic N) is 3. The highest BCUT2D eigenvalue weighted by atomic mass is 16.5. The first kappa shape index (κ1) is 21.7. The smallest absolute Gasteiger partial charge is 0.327 e. The molecular weight excluding hydrogens is 370 g/mol. The molecule has 3 rings (SSSR count). The number of carbonyl (C=O) groups is 2. The number of carbonyl (C=O) groups excluding carboxylic acids is 2. The van der Waals surface area contributed by atoms with E-state index in [1.807, 2.05) is 35.2 Å². The molecule has 1 spiro atoms. The number of benzene rings is 1. The van der Waals surface area contributed by atoms with E-state index in [1.165, 1.54) is 4.90 Å². The number of ether oxygens (including phenoxy) is 2. The Morgan fingerprint density at radius 2 is 1.76 bits per heavy atom. The Morgan fingerprint density at radius 1 is 1.07 bits per heavy atom. The van der Waals surface area contributed by atoms with E-state index in [9.17, 15) is 9.59 Å². The molecule has 0 aromatic heterocycles. The first-order valence-corrected chi connectivity index (χ1v) is 10.4. The Bertz CT molecular complexity index is 689. The summed E-state index contributed by atoms with van der Waals surface area (Å²) in [6.07, 6.45) is 2.04. The minimum absolute atomic E-state index is 0.0529. The van der Waals surface area contributed by atoms with Crippen LogP contribution in [0.15, 0.2) is 30.3 Å². The summed E-state index contributed by atoms with van der Waals surface area (Å²) in [5, 5.41) is 0. The van der Waals surface area contributed by atoms with Crippen molar-refractivity contribution in [2.24, 2.45) is 0 Å². The molecule has 0 aliphatic carbocycles. The molecule has 0 N–H and O–H groups in total. The zero-order chi connectivity index (χ0) is 20.9. The van der Waals surface area contributed by atoms with Gasteiger partial charge in [-0.05, 0) is 31.7 Å². The molecule has 29 heavy (non-hydrogen) atoms. The summed E-state index contributed by atoms with van der Waals surface area (Å²) >= 11 is 0. The van der Waals surface area contributed by atoms with E-state index in [-0.39, 0.29) is 11.9 Å². The molecule has 7 heteroatoms. The Hall–Kier alpha value is -1.96. The number of imide groups is 1. The number of rotatable bonds is 9. The SMILES string of the molecule is COCCCN1C(=O)N(Cc2ccccc2)C(=O)C12CCN([C@@H](C)COC)CC2. The fraction of sp³-hybridized carbons (Fsp3) is 0.636. The summed E-state index contributed by atoms with van der Waals surface area (Å²) in [6, 6.07) is 9.84. The van der Waals surface area contributed by atoms with Crippen LogP contribution in [0.2, 0.25) is 0 Å². The molecule has 2 aliphatic rings. The van der Waals surface area contributed by atoms with Crippen LogP contribution in [-0.2, 0) is 20.8 Å². The van der Waals surface area contributed by atoms with Gasteiger partial charge in [-0.15, -0.1) is 0 Å². The highest BCUT2D eigenvalue weighted by Crippen LogP contribution is 2.38. The molecule has 2 heterocycles. The zero-order valence-electron chi connectivity index (χ0n) is 17.8. The van der Waals surface area contributed by atoms with Crippen LogP contribution in [0.4, 0.5) is 4.79 Å². The van der Waals surface area contributed by atoms with Gasteiger partial charge < -0.3 is 14.4 Å². The van der Waals surface area contributed by atoms with Gasteiger partial charge in [-0.1, -0.05) is 30.3 Å². The monoisotopic (exact) mass is 403 g/mol. The maximum Gasteiger partial charge on any atom is 0.327 e. The third kappa shape index (κ3) is 4.47. The lowest BCUT2D eigenvalue weighted by Gasteiger charge is -2.44. The topological polar surface area (TPSA) is 62.3 Å². The van der Waals surface area contributed by atoms with Crippen molar-refractivity contribution >= 4 is 11.9 Å². The quantitative estimate of drug-likeness (QED) is 0.468. The number of methoxy groups -OCH3 is 2. The van der Waals surface area contributed by atoms with Crippen LogP contribution in [-0.4, -0.2) is 85.3 Å². The summed E-state index contributed by atoms with van der Waals surface area (Å²) in [5.74, 6) is -0.0529. The van der Waals surface area contributed by atoms with Gasteiger partial charge in [0, 0.05) is 46.5 Å². The second-order valence-corrected chi connectivity index (χ2v) is 8.03. The van der Waals surface area contributed by atoms with E-state index in [4.69, 9.17) is 9.47 Å². The Labute approximate surface area is 173 Å². The van der Waals surface area contributed by atoms with Gasteiger partial charge in [0.25, 0.3) is 5.91 Å². The van der Waals surface area contributed by atoms with Crippen molar-refractivity contribution in [3.8, 4) is 0 Å². The Balaban J connectivity index is 1.79. The second-order valence-electron chi connectivity index (χ2n) is 8.03. The van der Waals surface area contributed by atoms with Gasteiger partial charge in [0.1, 0.15) is 5.54 Å². The van der Waals surface area contributed by atoms with E-state index in [1.54, 1.807) is 14.2 Å². The molecule has 0 radical (unpaired) electrons. The summed E-state index contributed by atoms with van der Waals surface area (Å²) < 4.78 is 10.5. The Kier molecular flexibility index (Phi) is 7.27.